The number of nitrogens with one attached hydrogen (secondary N) is 4. The van der Waals surface area contributed by atoms with Crippen molar-refractivity contribution in [3.63, 3.8) is 0 Å². The van der Waals surface area contributed by atoms with Crippen LogP contribution < -0.4 is 15.4 Å². The zero-order chi connectivity index (χ0) is 39.9. The fraction of sp³-hybridized carbons (Fsp3) is 0.463. The molecule has 0 radical (unpaired) electrons. The number of hydrogen-bond donors (Lipinski definition) is 4. The van der Waals surface area contributed by atoms with Crippen LogP contribution in [0.2, 0.25) is 0 Å². The largest absolute Gasteiger partial charge is 0.457 e. The van der Waals surface area contributed by atoms with Crippen LogP contribution in [0.3, 0.4) is 0 Å². The van der Waals surface area contributed by atoms with Gasteiger partial charge >= 0.3 is 12.2 Å². The van der Waals surface area contributed by atoms with Gasteiger partial charge in [-0.15, -0.1) is 0 Å². The predicted octanol–water partition coefficient (Wildman–Crippen LogP) is 6.35. The number of amides is 4. The van der Waals surface area contributed by atoms with Crippen molar-refractivity contribution in [3.05, 3.63) is 71.6 Å². The Hall–Kier alpha value is -5.86. The zero-order valence-corrected chi connectivity index (χ0v) is 32.9. The molecule has 0 aliphatic carbocycles. The highest BCUT2D eigenvalue weighted by molar-refractivity contribution is 5.87. The maximum Gasteiger partial charge on any atom is 0.407 e. The summed E-state index contributed by atoms with van der Waals surface area (Å²) in [5, 5.41) is 5.27. The molecule has 4 aromatic rings. The van der Waals surface area contributed by atoms with Gasteiger partial charge in [-0.1, -0.05) is 39.8 Å². The standard InChI is InChI=1S/C41H50N8O7/c1-22(2)34(47-40(53)55-7)38(51)49-17-9-11-31(49)36-43-21-29(46-36)25-12-14-26-33(19-25)56-32-15-13-24(18-27(32)41(26,4)5)28-20-42-35(45-28)30-10-8-16-48(30)37(50)23(3)44-39(52)54-6/h12-15,18-23,30-31,34H,8-11,16-17H2,1-7H3,(H,42,45)(H,43,46)(H,44,52)(H,47,53)/t23-,30?,31?,34-/m0/s1. The highest BCUT2D eigenvalue weighted by atomic mass is 16.5. The van der Waals surface area contributed by atoms with Crippen LogP contribution >= 0.6 is 0 Å². The fourth-order valence-electron chi connectivity index (χ4n) is 8.19. The highest BCUT2D eigenvalue weighted by Crippen LogP contribution is 2.50. The summed E-state index contributed by atoms with van der Waals surface area (Å²) < 4.78 is 16.0. The average molecular weight is 767 g/mol. The van der Waals surface area contributed by atoms with E-state index in [1.54, 1.807) is 29.1 Å². The van der Waals surface area contributed by atoms with Gasteiger partial charge in [0.15, 0.2) is 0 Å². The van der Waals surface area contributed by atoms with Crippen molar-refractivity contribution in [1.29, 1.82) is 0 Å². The molecule has 7 rings (SSSR count). The lowest BCUT2D eigenvalue weighted by atomic mass is 9.75. The van der Waals surface area contributed by atoms with Crippen molar-refractivity contribution in [2.45, 2.75) is 89.9 Å². The number of fused-ring (bicyclic) bond motifs is 2. The van der Waals surface area contributed by atoms with E-state index in [9.17, 15) is 19.2 Å². The zero-order valence-electron chi connectivity index (χ0n) is 32.9. The summed E-state index contributed by atoms with van der Waals surface area (Å²) in [6.45, 7) is 11.0. The van der Waals surface area contributed by atoms with Gasteiger partial charge in [0.1, 0.15) is 35.2 Å². The monoisotopic (exact) mass is 766 g/mol. The van der Waals surface area contributed by atoms with Crippen LogP contribution in [0.25, 0.3) is 22.5 Å². The van der Waals surface area contributed by atoms with E-state index in [-0.39, 0.29) is 29.8 Å². The second kappa shape index (κ2) is 15.3. The molecule has 4 N–H and O–H groups in total. The van der Waals surface area contributed by atoms with Crippen LogP contribution in [-0.2, 0) is 24.5 Å². The van der Waals surface area contributed by atoms with Gasteiger partial charge in [0.25, 0.3) is 0 Å². The molecule has 2 aromatic heterocycles. The molecule has 2 unspecified atom stereocenters. The summed E-state index contributed by atoms with van der Waals surface area (Å²) in [4.78, 5) is 70.5. The van der Waals surface area contributed by atoms with Crippen molar-refractivity contribution in [1.82, 2.24) is 40.4 Å². The quantitative estimate of drug-likeness (QED) is 0.151. The van der Waals surface area contributed by atoms with Gasteiger partial charge in [-0.05, 0) is 62.8 Å². The van der Waals surface area contributed by atoms with Gasteiger partial charge in [0.05, 0.1) is 50.1 Å². The molecule has 2 fully saturated rings. The molecule has 15 nitrogen and oxygen atoms in total. The number of rotatable bonds is 9. The maximum atomic E-state index is 13.6. The van der Waals surface area contributed by atoms with E-state index in [1.807, 2.05) is 32.0 Å². The van der Waals surface area contributed by atoms with Crippen LogP contribution in [-0.4, -0.2) is 93.1 Å². The molecule has 4 atom stereocenters. The Morgan fingerprint density at radius 3 is 1.91 bits per heavy atom. The SMILES string of the molecule is COC(=O)N[C@@H](C)C(=O)N1CCCC1c1ncc(-c2ccc3c(c2)C(C)(C)c2ccc(-c4cnc(C5CCCN5C(=O)[C@@H](NC(=O)OC)C(C)C)[nH]4)cc2O3)[nH]1. The minimum absolute atomic E-state index is 0.120. The van der Waals surface area contributed by atoms with E-state index in [1.165, 1.54) is 14.2 Å². The number of aromatic amines is 2. The Morgan fingerprint density at radius 2 is 1.32 bits per heavy atom. The van der Waals surface area contributed by atoms with Crippen LogP contribution in [0.5, 0.6) is 11.5 Å². The number of hydrogen-bond acceptors (Lipinski definition) is 9. The first-order valence-corrected chi connectivity index (χ1v) is 19.2. The van der Waals surface area contributed by atoms with E-state index < -0.39 is 29.7 Å². The van der Waals surface area contributed by atoms with Crippen molar-refractivity contribution >= 4 is 24.0 Å². The van der Waals surface area contributed by atoms with Crippen LogP contribution in [0.4, 0.5) is 9.59 Å². The molecule has 4 amide bonds. The first-order valence-electron chi connectivity index (χ1n) is 19.2. The lowest BCUT2D eigenvalue weighted by molar-refractivity contribution is -0.135. The number of likely N-dealkylation sites (tertiary alicyclic amines) is 2. The Kier molecular flexibility index (Phi) is 10.5. The molecule has 0 spiro atoms. The molecule has 0 bridgehead atoms. The van der Waals surface area contributed by atoms with E-state index in [4.69, 9.17) is 19.4 Å². The minimum Gasteiger partial charge on any atom is -0.457 e. The smallest absolute Gasteiger partial charge is 0.407 e. The second-order valence-corrected chi connectivity index (χ2v) is 15.6. The molecule has 2 saturated heterocycles. The number of imidazole rings is 2. The maximum absolute atomic E-state index is 13.6. The van der Waals surface area contributed by atoms with Gasteiger partial charge in [0.2, 0.25) is 11.8 Å². The minimum atomic E-state index is -0.724. The third kappa shape index (κ3) is 7.17. The molecule has 3 aliphatic heterocycles. The fourth-order valence-corrected chi connectivity index (χ4v) is 8.19. The Bertz CT molecular complexity index is 2140. The second-order valence-electron chi connectivity index (χ2n) is 15.6. The Labute approximate surface area is 325 Å². The summed E-state index contributed by atoms with van der Waals surface area (Å²) in [6.07, 6.45) is 5.50. The van der Waals surface area contributed by atoms with E-state index >= 15 is 0 Å². The third-order valence-corrected chi connectivity index (χ3v) is 11.3. The van der Waals surface area contributed by atoms with Crippen molar-refractivity contribution in [2.24, 2.45) is 5.92 Å². The molecule has 15 heteroatoms. The molecule has 56 heavy (non-hydrogen) atoms. The lowest BCUT2D eigenvalue weighted by Gasteiger charge is -2.35. The lowest BCUT2D eigenvalue weighted by Crippen LogP contribution is -2.51. The van der Waals surface area contributed by atoms with Crippen molar-refractivity contribution in [3.8, 4) is 34.0 Å². The van der Waals surface area contributed by atoms with Crippen molar-refractivity contribution in [2.75, 3.05) is 27.3 Å². The number of alkyl carbamates (subject to hydrolysis) is 2. The van der Waals surface area contributed by atoms with Crippen LogP contribution in [0.15, 0.2) is 48.8 Å². The van der Waals surface area contributed by atoms with Gasteiger partial charge < -0.3 is 44.6 Å². The first-order chi connectivity index (χ1) is 26.8. The number of benzene rings is 2. The number of nitrogens with zero attached hydrogens (tertiary/aromatic N) is 4. The number of carbonyl (C=O) groups excluding carboxylic acids is 4. The summed E-state index contributed by atoms with van der Waals surface area (Å²) in [5.74, 6) is 2.45. The summed E-state index contributed by atoms with van der Waals surface area (Å²) >= 11 is 0. The van der Waals surface area contributed by atoms with E-state index in [2.05, 4.69) is 57.4 Å². The van der Waals surface area contributed by atoms with Gasteiger partial charge in [-0.2, -0.15) is 0 Å². The Balaban J connectivity index is 1.08. The Morgan fingerprint density at radius 1 is 0.768 bits per heavy atom. The average Bonchev–Trinajstić information content (AvgIpc) is 4.02. The molecule has 5 heterocycles. The molecule has 296 valence electrons. The predicted molar refractivity (Wildman–Crippen MR) is 207 cm³/mol. The summed E-state index contributed by atoms with van der Waals surface area (Å²) in [5.41, 5.74) is 5.16. The number of aromatic nitrogens is 4. The molecule has 2 aromatic carbocycles. The molecular formula is C41H50N8O7. The highest BCUT2D eigenvalue weighted by Gasteiger charge is 2.39. The number of carbonyl (C=O) groups is 4. The third-order valence-electron chi connectivity index (χ3n) is 11.3. The van der Waals surface area contributed by atoms with Gasteiger partial charge in [-0.25, -0.2) is 19.6 Å². The van der Waals surface area contributed by atoms with E-state index in [0.29, 0.717) is 24.7 Å². The molecule has 0 saturated carbocycles. The van der Waals surface area contributed by atoms with Crippen LogP contribution in [0, 0.1) is 5.92 Å². The number of methoxy groups -OCH3 is 2. The number of ether oxygens (including phenoxy) is 3. The van der Waals surface area contributed by atoms with E-state index in [0.717, 1.165) is 70.8 Å². The van der Waals surface area contributed by atoms with Gasteiger partial charge in [-0.3, -0.25) is 9.59 Å². The molecule has 3 aliphatic rings. The topological polar surface area (TPSA) is 184 Å². The number of H-pyrrole nitrogens is 2. The summed E-state index contributed by atoms with van der Waals surface area (Å²) in [7, 11) is 2.56. The molecular weight excluding hydrogens is 717 g/mol. The van der Waals surface area contributed by atoms with Gasteiger partial charge in [0, 0.05) is 40.8 Å². The van der Waals surface area contributed by atoms with Crippen LogP contribution in [0.1, 0.15) is 95.2 Å². The van der Waals surface area contributed by atoms with Crippen molar-refractivity contribution < 1.29 is 33.4 Å². The first kappa shape index (κ1) is 38.4. The summed E-state index contributed by atoms with van der Waals surface area (Å²) in [6, 6.07) is 10.4. The normalized spacial score (nSPS) is 19.4.